The number of carbonyl (C=O) groups is 1. The number of anilines is 1. The number of nitrogens with zero attached hydrogens (tertiary/aromatic N) is 2. The van der Waals surface area contributed by atoms with E-state index in [0.29, 0.717) is 10.8 Å². The normalized spacial score (nSPS) is 11.8. The first-order chi connectivity index (χ1) is 16.7. The first-order valence-electron chi connectivity index (χ1n) is 11.2. The highest BCUT2D eigenvalue weighted by Crippen LogP contribution is 2.34. The molecule has 0 aliphatic heterocycles. The molecule has 4 aromatic rings. The number of rotatable bonds is 7. The number of thioether (sulfide) groups is 1. The van der Waals surface area contributed by atoms with E-state index in [4.69, 9.17) is 4.98 Å². The fourth-order valence-corrected chi connectivity index (χ4v) is 4.38. The Bertz CT molecular complexity index is 1320. The van der Waals surface area contributed by atoms with Crippen molar-refractivity contribution in [2.24, 2.45) is 0 Å². The van der Waals surface area contributed by atoms with Crippen LogP contribution in [0.4, 0.5) is 11.4 Å². The lowest BCUT2D eigenvalue weighted by Gasteiger charge is -2.12. The van der Waals surface area contributed by atoms with Gasteiger partial charge in [0.25, 0.3) is 5.69 Å². The molecule has 8 heteroatoms. The average Bonchev–Trinajstić information content (AvgIpc) is 3.24. The van der Waals surface area contributed by atoms with E-state index in [1.807, 2.05) is 38.1 Å². The molecule has 35 heavy (non-hydrogen) atoms. The van der Waals surface area contributed by atoms with Crippen molar-refractivity contribution in [3.63, 3.8) is 0 Å². The maximum absolute atomic E-state index is 12.9. The summed E-state index contributed by atoms with van der Waals surface area (Å²) in [6.07, 6.45) is 0. The summed E-state index contributed by atoms with van der Waals surface area (Å²) in [5.74, 6) is -0.260. The molecule has 178 valence electrons. The number of aromatic nitrogens is 2. The first kappa shape index (κ1) is 24.2. The maximum atomic E-state index is 12.9. The Balaban J connectivity index is 1.60. The zero-order valence-corrected chi connectivity index (χ0v) is 20.8. The van der Waals surface area contributed by atoms with Gasteiger partial charge in [0.1, 0.15) is 0 Å². The number of amides is 1. The molecule has 1 unspecified atom stereocenters. The van der Waals surface area contributed by atoms with E-state index in [2.05, 4.69) is 34.6 Å². The van der Waals surface area contributed by atoms with Crippen LogP contribution < -0.4 is 5.32 Å². The molecule has 1 heterocycles. The van der Waals surface area contributed by atoms with Gasteiger partial charge in [-0.25, -0.2) is 4.98 Å². The van der Waals surface area contributed by atoms with Gasteiger partial charge < -0.3 is 10.3 Å². The zero-order valence-electron chi connectivity index (χ0n) is 20.0. The summed E-state index contributed by atoms with van der Waals surface area (Å²) >= 11 is 1.31. The Morgan fingerprint density at radius 2 is 1.57 bits per heavy atom. The lowest BCUT2D eigenvalue weighted by Crippen LogP contribution is -2.23. The number of hydrogen-bond acceptors (Lipinski definition) is 5. The van der Waals surface area contributed by atoms with Gasteiger partial charge in [0.15, 0.2) is 5.16 Å². The number of hydrogen-bond donors (Lipinski definition) is 2. The van der Waals surface area contributed by atoms with E-state index in [9.17, 15) is 14.9 Å². The van der Waals surface area contributed by atoms with E-state index in [0.717, 1.165) is 33.6 Å². The van der Waals surface area contributed by atoms with Crippen molar-refractivity contribution < 1.29 is 9.72 Å². The minimum atomic E-state index is -0.489. The van der Waals surface area contributed by atoms with Crippen molar-refractivity contribution in [2.45, 2.75) is 38.1 Å². The van der Waals surface area contributed by atoms with Crippen molar-refractivity contribution in [3.05, 3.63) is 93.5 Å². The average molecular weight is 487 g/mol. The van der Waals surface area contributed by atoms with Gasteiger partial charge in [-0.05, 0) is 33.3 Å². The van der Waals surface area contributed by atoms with Gasteiger partial charge in [-0.1, -0.05) is 77.5 Å². The number of aromatic amines is 1. The molecule has 0 saturated heterocycles. The predicted octanol–water partition coefficient (Wildman–Crippen LogP) is 6.70. The number of imidazole rings is 1. The lowest BCUT2D eigenvalue weighted by atomic mass is 10.0. The summed E-state index contributed by atoms with van der Waals surface area (Å²) in [5, 5.41) is 14.1. The van der Waals surface area contributed by atoms with Gasteiger partial charge in [0.05, 0.1) is 27.2 Å². The third kappa shape index (κ3) is 5.60. The molecule has 0 aliphatic carbocycles. The number of aryl methyl sites for hydroxylation is 3. The molecule has 0 fully saturated rings. The Morgan fingerprint density at radius 1 is 0.971 bits per heavy atom. The van der Waals surface area contributed by atoms with E-state index in [1.54, 1.807) is 19.9 Å². The molecule has 0 aliphatic rings. The minimum Gasteiger partial charge on any atom is -0.332 e. The van der Waals surface area contributed by atoms with Crippen molar-refractivity contribution in [1.82, 2.24) is 9.97 Å². The molecule has 1 atom stereocenters. The summed E-state index contributed by atoms with van der Waals surface area (Å²) in [5.41, 5.74) is 7.14. The molecule has 2 N–H and O–H groups in total. The molecule has 1 aromatic heterocycles. The van der Waals surface area contributed by atoms with Crippen LogP contribution in [0.25, 0.3) is 22.5 Å². The zero-order chi connectivity index (χ0) is 25.1. The first-order valence-corrected chi connectivity index (χ1v) is 12.1. The van der Waals surface area contributed by atoms with Crippen LogP contribution in [0.2, 0.25) is 0 Å². The Kier molecular flexibility index (Phi) is 7.02. The summed E-state index contributed by atoms with van der Waals surface area (Å²) < 4.78 is 0. The molecule has 0 radical (unpaired) electrons. The minimum absolute atomic E-state index is 0.0669. The van der Waals surface area contributed by atoms with Crippen LogP contribution in [0.15, 0.2) is 71.9 Å². The van der Waals surface area contributed by atoms with Gasteiger partial charge in [-0.2, -0.15) is 0 Å². The number of nitro groups is 1. The molecule has 0 bridgehead atoms. The molecular formula is C27H26N4O3S. The summed E-state index contributed by atoms with van der Waals surface area (Å²) in [7, 11) is 0. The van der Waals surface area contributed by atoms with E-state index in [1.165, 1.54) is 29.5 Å². The molecule has 0 saturated carbocycles. The van der Waals surface area contributed by atoms with Crippen LogP contribution in [0.5, 0.6) is 0 Å². The standard InChI is InChI=1S/C27H26N4O3S/c1-16-5-10-20(11-6-16)24-25(21-12-7-17(2)8-13-21)30-27(29-24)35-19(4)26(32)28-23-15-22(31(33)34)14-9-18(23)3/h5-15,19H,1-4H3,(H,28,32)(H,29,30). The van der Waals surface area contributed by atoms with Crippen LogP contribution in [0, 0.1) is 30.9 Å². The van der Waals surface area contributed by atoms with Crippen LogP contribution >= 0.6 is 11.8 Å². The monoisotopic (exact) mass is 486 g/mol. The van der Waals surface area contributed by atoms with Crippen molar-refractivity contribution >= 4 is 29.0 Å². The Labute approximate surface area is 208 Å². The van der Waals surface area contributed by atoms with Crippen LogP contribution in [0.3, 0.4) is 0 Å². The van der Waals surface area contributed by atoms with Gasteiger partial charge in [0.2, 0.25) is 5.91 Å². The Hall–Kier alpha value is -3.91. The van der Waals surface area contributed by atoms with E-state index in [-0.39, 0.29) is 11.6 Å². The smallest absolute Gasteiger partial charge is 0.271 e. The van der Waals surface area contributed by atoms with Crippen molar-refractivity contribution in [2.75, 3.05) is 5.32 Å². The SMILES string of the molecule is Cc1ccc(-c2nc(SC(C)C(=O)Nc3cc([N+](=O)[O-])ccc3C)[nH]c2-c2ccc(C)cc2)cc1. The summed E-state index contributed by atoms with van der Waals surface area (Å²) in [4.78, 5) is 31.8. The largest absolute Gasteiger partial charge is 0.332 e. The number of H-pyrrole nitrogens is 1. The van der Waals surface area contributed by atoms with Crippen LogP contribution in [0.1, 0.15) is 23.6 Å². The van der Waals surface area contributed by atoms with Gasteiger partial charge in [-0.15, -0.1) is 0 Å². The fourth-order valence-electron chi connectivity index (χ4n) is 3.57. The van der Waals surface area contributed by atoms with Crippen LogP contribution in [-0.4, -0.2) is 26.0 Å². The number of carbonyl (C=O) groups excluding carboxylic acids is 1. The Morgan fingerprint density at radius 3 is 2.17 bits per heavy atom. The third-order valence-corrected chi connectivity index (χ3v) is 6.68. The van der Waals surface area contributed by atoms with Gasteiger partial charge >= 0.3 is 0 Å². The predicted molar refractivity (Wildman–Crippen MR) is 141 cm³/mol. The molecule has 0 spiro atoms. The van der Waals surface area contributed by atoms with Gasteiger partial charge in [-0.3, -0.25) is 14.9 Å². The maximum Gasteiger partial charge on any atom is 0.271 e. The highest BCUT2D eigenvalue weighted by molar-refractivity contribution is 8.00. The number of benzene rings is 3. The second-order valence-electron chi connectivity index (χ2n) is 8.50. The van der Waals surface area contributed by atoms with E-state index < -0.39 is 10.2 Å². The topological polar surface area (TPSA) is 101 Å². The molecule has 7 nitrogen and oxygen atoms in total. The molecule has 3 aromatic carbocycles. The summed E-state index contributed by atoms with van der Waals surface area (Å²) in [6.45, 7) is 7.67. The third-order valence-electron chi connectivity index (χ3n) is 5.69. The number of nitrogens with one attached hydrogen (secondary N) is 2. The quantitative estimate of drug-likeness (QED) is 0.172. The highest BCUT2D eigenvalue weighted by Gasteiger charge is 2.21. The molecule has 1 amide bonds. The fraction of sp³-hybridized carbons (Fsp3) is 0.185. The second-order valence-corrected chi connectivity index (χ2v) is 9.83. The molecule has 4 rings (SSSR count). The number of non-ortho nitro benzene ring substituents is 1. The van der Waals surface area contributed by atoms with E-state index >= 15 is 0 Å². The molecular weight excluding hydrogens is 460 g/mol. The lowest BCUT2D eigenvalue weighted by molar-refractivity contribution is -0.384. The summed E-state index contributed by atoms with van der Waals surface area (Å²) in [6, 6.07) is 20.8. The van der Waals surface area contributed by atoms with Gasteiger partial charge in [0, 0.05) is 23.3 Å². The second kappa shape index (κ2) is 10.1. The number of nitro benzene ring substituents is 1. The van der Waals surface area contributed by atoms with Crippen LogP contribution in [-0.2, 0) is 4.79 Å². The van der Waals surface area contributed by atoms with Crippen molar-refractivity contribution in [3.8, 4) is 22.5 Å². The highest BCUT2D eigenvalue weighted by atomic mass is 32.2. The van der Waals surface area contributed by atoms with Crippen molar-refractivity contribution in [1.29, 1.82) is 0 Å².